The summed E-state index contributed by atoms with van der Waals surface area (Å²) in [5.74, 6) is 0. The van der Waals surface area contributed by atoms with Crippen molar-refractivity contribution in [1.29, 1.82) is 0 Å². The van der Waals surface area contributed by atoms with E-state index < -0.39 is 0 Å². The number of nitrogens with zero attached hydrogens (tertiary/aromatic N) is 2. The summed E-state index contributed by atoms with van der Waals surface area (Å²) in [5, 5.41) is 10.1. The van der Waals surface area contributed by atoms with Crippen molar-refractivity contribution in [3.63, 3.8) is 0 Å². The van der Waals surface area contributed by atoms with Crippen LogP contribution in [0.4, 0.5) is 10.5 Å². The highest BCUT2D eigenvalue weighted by Crippen LogP contribution is 2.25. The molecule has 5 nitrogen and oxygen atoms in total. The van der Waals surface area contributed by atoms with E-state index in [0.717, 1.165) is 30.6 Å². The largest absolute Gasteiger partial charge is 0.330 e. The van der Waals surface area contributed by atoms with Gasteiger partial charge >= 0.3 is 6.03 Å². The van der Waals surface area contributed by atoms with Gasteiger partial charge in [-0.25, -0.2) is 4.79 Å². The van der Waals surface area contributed by atoms with Crippen LogP contribution in [0, 0.1) is 0 Å². The maximum absolute atomic E-state index is 12.2. The predicted octanol–water partition coefficient (Wildman–Crippen LogP) is 3.18. The normalized spacial score (nSPS) is 14.5. The molecular formula is C17H22N4O. The first-order valence-electron chi connectivity index (χ1n) is 7.84. The van der Waals surface area contributed by atoms with Crippen molar-refractivity contribution in [3.05, 3.63) is 47.3 Å². The zero-order valence-electron chi connectivity index (χ0n) is 13.1. The number of urea groups is 1. The maximum atomic E-state index is 12.2. The highest BCUT2D eigenvalue weighted by atomic mass is 16.2. The molecule has 1 aliphatic carbocycles. The third kappa shape index (κ3) is 2.98. The van der Waals surface area contributed by atoms with Gasteiger partial charge in [0.25, 0.3) is 0 Å². The van der Waals surface area contributed by atoms with E-state index in [1.807, 2.05) is 26.1 Å². The monoisotopic (exact) mass is 298 g/mol. The third-order valence-electron chi connectivity index (χ3n) is 4.29. The van der Waals surface area contributed by atoms with Gasteiger partial charge in [0, 0.05) is 18.9 Å². The average molecular weight is 298 g/mol. The zero-order chi connectivity index (χ0) is 15.5. The Labute approximate surface area is 130 Å². The highest BCUT2D eigenvalue weighted by molar-refractivity contribution is 5.89. The minimum Gasteiger partial charge on any atom is -0.330 e. The summed E-state index contributed by atoms with van der Waals surface area (Å²) in [7, 11) is 1.89. The number of hydrogen-bond acceptors (Lipinski definition) is 2. The molecule has 3 rings (SSSR count). The second-order valence-electron chi connectivity index (χ2n) is 5.78. The Balaban J connectivity index is 1.65. The van der Waals surface area contributed by atoms with Gasteiger partial charge in [0.05, 0.1) is 11.7 Å². The van der Waals surface area contributed by atoms with E-state index in [1.165, 1.54) is 17.5 Å². The van der Waals surface area contributed by atoms with Gasteiger partial charge in [-0.1, -0.05) is 13.0 Å². The molecule has 116 valence electrons. The van der Waals surface area contributed by atoms with Crippen LogP contribution in [-0.4, -0.2) is 15.8 Å². The second-order valence-corrected chi connectivity index (χ2v) is 5.78. The SMILES string of the molecule is CC[C@H](NC(=O)Nc1ccc2c(c1)CCC2)c1ccnn1C. The lowest BCUT2D eigenvalue weighted by atomic mass is 10.1. The van der Waals surface area contributed by atoms with Crippen LogP contribution in [0.25, 0.3) is 0 Å². The van der Waals surface area contributed by atoms with Crippen molar-refractivity contribution in [3.8, 4) is 0 Å². The van der Waals surface area contributed by atoms with Gasteiger partial charge in [0.2, 0.25) is 0 Å². The molecule has 5 heteroatoms. The molecule has 0 fully saturated rings. The molecule has 0 saturated carbocycles. The van der Waals surface area contributed by atoms with Crippen LogP contribution in [0.2, 0.25) is 0 Å². The van der Waals surface area contributed by atoms with E-state index in [-0.39, 0.29) is 12.1 Å². The van der Waals surface area contributed by atoms with Gasteiger partial charge in [-0.2, -0.15) is 5.10 Å². The molecule has 1 aromatic heterocycles. The molecule has 0 unspecified atom stereocenters. The molecule has 0 bridgehead atoms. The van der Waals surface area contributed by atoms with Crippen molar-refractivity contribution in [1.82, 2.24) is 15.1 Å². The molecule has 22 heavy (non-hydrogen) atoms. The zero-order valence-corrected chi connectivity index (χ0v) is 13.1. The molecule has 1 aromatic carbocycles. The maximum Gasteiger partial charge on any atom is 0.319 e. The van der Waals surface area contributed by atoms with Gasteiger partial charge in [-0.05, 0) is 55.0 Å². The first-order chi connectivity index (χ1) is 10.7. The lowest BCUT2D eigenvalue weighted by molar-refractivity contribution is 0.247. The Hall–Kier alpha value is -2.30. The minimum absolute atomic E-state index is 0.0399. The summed E-state index contributed by atoms with van der Waals surface area (Å²) in [6, 6.07) is 7.91. The fourth-order valence-electron chi connectivity index (χ4n) is 3.09. The summed E-state index contributed by atoms with van der Waals surface area (Å²) in [6.07, 6.45) is 6.04. The van der Waals surface area contributed by atoms with Gasteiger partial charge in [-0.3, -0.25) is 4.68 Å². The van der Waals surface area contributed by atoms with E-state index in [4.69, 9.17) is 0 Å². The Morgan fingerprint density at radius 2 is 2.14 bits per heavy atom. The highest BCUT2D eigenvalue weighted by Gasteiger charge is 2.16. The smallest absolute Gasteiger partial charge is 0.319 e. The lowest BCUT2D eigenvalue weighted by Gasteiger charge is -2.18. The topological polar surface area (TPSA) is 59.0 Å². The Morgan fingerprint density at radius 3 is 2.86 bits per heavy atom. The molecule has 0 saturated heterocycles. The number of aromatic nitrogens is 2. The summed E-state index contributed by atoms with van der Waals surface area (Å²) in [5.41, 5.74) is 4.63. The van der Waals surface area contributed by atoms with Crippen molar-refractivity contribution < 1.29 is 4.79 Å². The molecule has 2 N–H and O–H groups in total. The molecule has 0 spiro atoms. The van der Waals surface area contributed by atoms with Crippen molar-refractivity contribution in [2.24, 2.45) is 7.05 Å². The van der Waals surface area contributed by atoms with Crippen LogP contribution < -0.4 is 10.6 Å². The van der Waals surface area contributed by atoms with Crippen LogP contribution in [0.15, 0.2) is 30.5 Å². The van der Waals surface area contributed by atoms with Crippen LogP contribution >= 0.6 is 0 Å². The number of carbonyl (C=O) groups is 1. The number of benzene rings is 1. The quantitative estimate of drug-likeness (QED) is 0.910. The van der Waals surface area contributed by atoms with Crippen LogP contribution in [0.5, 0.6) is 0 Å². The van der Waals surface area contributed by atoms with E-state index >= 15 is 0 Å². The number of aryl methyl sites for hydroxylation is 3. The standard InChI is InChI=1S/C17H22N4O/c1-3-15(16-9-10-18-21(16)2)20-17(22)19-14-8-7-12-5-4-6-13(12)11-14/h7-11,15H,3-6H2,1-2H3,(H2,19,20,22)/t15-/m0/s1. The van der Waals surface area contributed by atoms with E-state index in [1.54, 1.807) is 10.9 Å². The number of carbonyl (C=O) groups excluding carboxylic acids is 1. The summed E-state index contributed by atoms with van der Waals surface area (Å²) in [4.78, 5) is 12.2. The lowest BCUT2D eigenvalue weighted by Crippen LogP contribution is -2.33. The fourth-order valence-corrected chi connectivity index (χ4v) is 3.09. The predicted molar refractivity (Wildman–Crippen MR) is 86.9 cm³/mol. The van der Waals surface area contributed by atoms with Gasteiger partial charge in [0.15, 0.2) is 0 Å². The molecule has 1 heterocycles. The molecule has 0 aliphatic heterocycles. The first kappa shape index (κ1) is 14.6. The minimum atomic E-state index is -0.175. The third-order valence-corrected chi connectivity index (χ3v) is 4.29. The van der Waals surface area contributed by atoms with E-state index in [2.05, 4.69) is 27.9 Å². The Bertz CT molecular complexity index is 677. The van der Waals surface area contributed by atoms with Crippen molar-refractivity contribution in [2.75, 3.05) is 5.32 Å². The van der Waals surface area contributed by atoms with Crippen LogP contribution in [0.3, 0.4) is 0 Å². The number of rotatable bonds is 4. The fraction of sp³-hybridized carbons (Fsp3) is 0.412. The Morgan fingerprint density at radius 1 is 1.32 bits per heavy atom. The number of hydrogen-bond donors (Lipinski definition) is 2. The molecular weight excluding hydrogens is 276 g/mol. The first-order valence-corrected chi connectivity index (χ1v) is 7.84. The van der Waals surface area contributed by atoms with Crippen molar-refractivity contribution >= 4 is 11.7 Å². The average Bonchev–Trinajstić information content (AvgIpc) is 3.13. The van der Waals surface area contributed by atoms with E-state index in [9.17, 15) is 4.79 Å². The number of nitrogens with one attached hydrogen (secondary N) is 2. The molecule has 0 radical (unpaired) electrons. The molecule has 2 aromatic rings. The Kier molecular flexibility index (Phi) is 4.13. The molecule has 1 aliphatic rings. The molecule has 1 atom stereocenters. The summed E-state index contributed by atoms with van der Waals surface area (Å²) < 4.78 is 1.80. The van der Waals surface area contributed by atoms with E-state index in [0.29, 0.717) is 0 Å². The molecule has 2 amide bonds. The van der Waals surface area contributed by atoms with Gasteiger partial charge in [0.1, 0.15) is 0 Å². The van der Waals surface area contributed by atoms with Gasteiger partial charge < -0.3 is 10.6 Å². The summed E-state index contributed by atoms with van der Waals surface area (Å²) in [6.45, 7) is 2.05. The van der Waals surface area contributed by atoms with Crippen LogP contribution in [0.1, 0.15) is 42.6 Å². The summed E-state index contributed by atoms with van der Waals surface area (Å²) >= 11 is 0. The number of anilines is 1. The number of amides is 2. The second kappa shape index (κ2) is 6.22. The van der Waals surface area contributed by atoms with Gasteiger partial charge in [-0.15, -0.1) is 0 Å². The number of fused-ring (bicyclic) bond motifs is 1. The van der Waals surface area contributed by atoms with Crippen LogP contribution in [-0.2, 0) is 19.9 Å². The van der Waals surface area contributed by atoms with Crippen molar-refractivity contribution in [2.45, 2.75) is 38.6 Å².